The van der Waals surface area contributed by atoms with Crippen LogP contribution in [0.3, 0.4) is 0 Å². The van der Waals surface area contributed by atoms with Gasteiger partial charge >= 0.3 is 0 Å². The first-order valence-corrected chi connectivity index (χ1v) is 9.08. The second kappa shape index (κ2) is 6.34. The summed E-state index contributed by atoms with van der Waals surface area (Å²) in [5.74, 6) is 0. The topological polar surface area (TPSA) is 28.2 Å². The summed E-state index contributed by atoms with van der Waals surface area (Å²) in [6.07, 6.45) is 1.84. The third-order valence-corrected chi connectivity index (χ3v) is 5.57. The molecule has 0 spiro atoms. The molecule has 1 fully saturated rings. The smallest absolute Gasteiger partial charge is 0.174 e. The minimum atomic E-state index is 0.0388. The molecule has 2 aromatic heterocycles. The Bertz CT molecular complexity index is 845. The highest BCUT2D eigenvalue weighted by Crippen LogP contribution is 2.43. The highest BCUT2D eigenvalue weighted by atomic mass is 32.1. The van der Waals surface area contributed by atoms with E-state index in [0.29, 0.717) is 0 Å². The van der Waals surface area contributed by atoms with Gasteiger partial charge in [0.15, 0.2) is 5.11 Å². The van der Waals surface area contributed by atoms with Crippen LogP contribution < -0.4 is 10.2 Å². The van der Waals surface area contributed by atoms with Gasteiger partial charge in [-0.2, -0.15) is 0 Å². The molecular weight excluding hydrogens is 334 g/mol. The van der Waals surface area contributed by atoms with Crippen molar-refractivity contribution in [1.29, 1.82) is 0 Å². The van der Waals surface area contributed by atoms with E-state index in [1.54, 1.807) is 0 Å². The van der Waals surface area contributed by atoms with Crippen molar-refractivity contribution >= 4 is 34.4 Å². The lowest BCUT2D eigenvalue weighted by atomic mass is 10.0. The van der Waals surface area contributed by atoms with Crippen molar-refractivity contribution in [3.05, 3.63) is 82.3 Å². The van der Waals surface area contributed by atoms with Crippen LogP contribution in [-0.4, -0.2) is 10.1 Å². The van der Waals surface area contributed by atoms with Crippen molar-refractivity contribution in [3.8, 4) is 0 Å². The summed E-state index contributed by atoms with van der Waals surface area (Å²) in [5.41, 5.74) is 2.11. The monoisotopic (exact) mass is 351 g/mol. The fourth-order valence-corrected chi connectivity index (χ4v) is 4.47. The molecule has 1 N–H and O–H groups in total. The van der Waals surface area contributed by atoms with E-state index in [0.717, 1.165) is 16.5 Å². The molecule has 1 aliphatic heterocycles. The van der Waals surface area contributed by atoms with E-state index in [2.05, 4.69) is 52.5 Å². The van der Waals surface area contributed by atoms with Crippen LogP contribution in [-0.2, 0) is 0 Å². The first kappa shape index (κ1) is 15.3. The van der Waals surface area contributed by atoms with Gasteiger partial charge in [-0.25, -0.2) is 0 Å². The van der Waals surface area contributed by atoms with E-state index in [4.69, 9.17) is 12.2 Å². The SMILES string of the molecule is Cc1ccc([C@@H]2[C@H](c3ccccn3)NC(=S)N2c2ccccc2)s1. The fourth-order valence-electron chi connectivity index (χ4n) is 3.12. The number of anilines is 1. The van der Waals surface area contributed by atoms with Crippen LogP contribution in [0.4, 0.5) is 5.69 Å². The fraction of sp³-hybridized carbons (Fsp3) is 0.158. The summed E-state index contributed by atoms with van der Waals surface area (Å²) < 4.78 is 0. The summed E-state index contributed by atoms with van der Waals surface area (Å²) in [4.78, 5) is 9.36. The third kappa shape index (κ3) is 2.70. The highest BCUT2D eigenvalue weighted by Gasteiger charge is 2.41. The van der Waals surface area contributed by atoms with E-state index in [-0.39, 0.29) is 12.1 Å². The van der Waals surface area contributed by atoms with Crippen LogP contribution in [0.15, 0.2) is 66.9 Å². The predicted molar refractivity (Wildman–Crippen MR) is 103 cm³/mol. The Morgan fingerprint density at radius 1 is 1.04 bits per heavy atom. The van der Waals surface area contributed by atoms with E-state index in [1.807, 2.05) is 47.9 Å². The van der Waals surface area contributed by atoms with Gasteiger partial charge in [-0.3, -0.25) is 4.98 Å². The number of hydrogen-bond donors (Lipinski definition) is 1. The first-order chi connectivity index (χ1) is 11.7. The average Bonchev–Trinajstić information content (AvgIpc) is 3.19. The molecule has 1 saturated heterocycles. The second-order valence-electron chi connectivity index (χ2n) is 5.78. The number of pyridine rings is 1. The average molecular weight is 352 g/mol. The van der Waals surface area contributed by atoms with Crippen molar-refractivity contribution in [1.82, 2.24) is 10.3 Å². The molecule has 0 saturated carbocycles. The van der Waals surface area contributed by atoms with Gasteiger partial charge in [0, 0.05) is 21.6 Å². The standard InChI is InChI=1S/C19H17N3S2/c1-13-10-11-16(24-13)18-17(15-9-5-6-12-20-15)21-19(23)22(18)14-7-3-2-4-8-14/h2-12,17-18H,1H3,(H,21,23)/t17-,18+/m0/s1. The minimum absolute atomic E-state index is 0.0388. The summed E-state index contributed by atoms with van der Waals surface area (Å²) >= 11 is 7.49. The number of aromatic nitrogens is 1. The minimum Gasteiger partial charge on any atom is -0.351 e. The molecule has 0 radical (unpaired) electrons. The lowest BCUT2D eigenvalue weighted by Gasteiger charge is -2.26. The summed E-state index contributed by atoms with van der Waals surface area (Å²) in [7, 11) is 0. The number of aryl methyl sites for hydroxylation is 1. The molecule has 1 aliphatic rings. The maximum absolute atomic E-state index is 5.68. The number of nitrogens with one attached hydrogen (secondary N) is 1. The number of nitrogens with zero attached hydrogens (tertiary/aromatic N) is 2. The van der Waals surface area contributed by atoms with Gasteiger partial charge in [0.2, 0.25) is 0 Å². The molecule has 0 unspecified atom stereocenters. The zero-order valence-electron chi connectivity index (χ0n) is 13.2. The molecule has 0 aliphatic carbocycles. The van der Waals surface area contributed by atoms with Crippen molar-refractivity contribution in [2.75, 3.05) is 4.90 Å². The molecule has 0 bridgehead atoms. The zero-order chi connectivity index (χ0) is 16.5. The summed E-state index contributed by atoms with van der Waals surface area (Å²) in [6.45, 7) is 2.14. The molecule has 3 nitrogen and oxygen atoms in total. The Morgan fingerprint density at radius 2 is 1.83 bits per heavy atom. The zero-order valence-corrected chi connectivity index (χ0v) is 14.8. The van der Waals surface area contributed by atoms with Crippen molar-refractivity contribution in [2.24, 2.45) is 0 Å². The Hall–Kier alpha value is -2.24. The molecule has 4 rings (SSSR count). The van der Waals surface area contributed by atoms with Gasteiger partial charge < -0.3 is 10.2 Å². The molecule has 5 heteroatoms. The van der Waals surface area contributed by atoms with Gasteiger partial charge in [0.05, 0.1) is 17.8 Å². The van der Waals surface area contributed by atoms with Crippen molar-refractivity contribution < 1.29 is 0 Å². The normalized spacial score (nSPS) is 20.2. The molecule has 24 heavy (non-hydrogen) atoms. The molecule has 1 aromatic carbocycles. The van der Waals surface area contributed by atoms with Crippen molar-refractivity contribution in [2.45, 2.75) is 19.0 Å². The van der Waals surface area contributed by atoms with Crippen molar-refractivity contribution in [3.63, 3.8) is 0 Å². The molecule has 0 amide bonds. The van der Waals surface area contributed by atoms with Gasteiger partial charge in [0.1, 0.15) is 0 Å². The van der Waals surface area contributed by atoms with Crippen LogP contribution in [0.25, 0.3) is 0 Å². The molecule has 120 valence electrons. The number of rotatable bonds is 3. The van der Waals surface area contributed by atoms with Crippen LogP contribution in [0.5, 0.6) is 0 Å². The van der Waals surface area contributed by atoms with Crippen LogP contribution in [0.1, 0.15) is 27.5 Å². The maximum atomic E-state index is 5.68. The van der Waals surface area contributed by atoms with E-state index < -0.39 is 0 Å². The Balaban J connectivity index is 1.82. The largest absolute Gasteiger partial charge is 0.351 e. The van der Waals surface area contributed by atoms with E-state index in [9.17, 15) is 0 Å². The molecule has 3 heterocycles. The van der Waals surface area contributed by atoms with Crippen LogP contribution in [0, 0.1) is 6.92 Å². The highest BCUT2D eigenvalue weighted by molar-refractivity contribution is 7.80. The lowest BCUT2D eigenvalue weighted by Crippen LogP contribution is -2.28. The lowest BCUT2D eigenvalue weighted by molar-refractivity contribution is 0.575. The molecule has 2 atom stereocenters. The summed E-state index contributed by atoms with van der Waals surface area (Å²) in [6, 6.07) is 20.8. The van der Waals surface area contributed by atoms with Gasteiger partial charge in [-0.05, 0) is 55.5 Å². The van der Waals surface area contributed by atoms with E-state index in [1.165, 1.54) is 9.75 Å². The maximum Gasteiger partial charge on any atom is 0.174 e. The second-order valence-corrected chi connectivity index (χ2v) is 7.49. The first-order valence-electron chi connectivity index (χ1n) is 7.86. The number of thiophene rings is 1. The van der Waals surface area contributed by atoms with E-state index >= 15 is 0 Å². The number of benzene rings is 1. The molecule has 3 aromatic rings. The quantitative estimate of drug-likeness (QED) is 0.697. The molecular formula is C19H17N3S2. The number of thiocarbonyl (C=S) groups is 1. The third-order valence-electron chi connectivity index (χ3n) is 4.19. The number of para-hydroxylation sites is 1. The Labute approximate surface area is 151 Å². The van der Waals surface area contributed by atoms with Crippen LogP contribution >= 0.6 is 23.6 Å². The van der Waals surface area contributed by atoms with Crippen LogP contribution in [0.2, 0.25) is 0 Å². The van der Waals surface area contributed by atoms with Gasteiger partial charge in [-0.15, -0.1) is 11.3 Å². The predicted octanol–water partition coefficient (Wildman–Crippen LogP) is 4.63. The Morgan fingerprint density at radius 3 is 2.50 bits per heavy atom. The number of hydrogen-bond acceptors (Lipinski definition) is 3. The summed E-state index contributed by atoms with van der Waals surface area (Å²) in [5, 5.41) is 4.22. The Kier molecular flexibility index (Phi) is 4.04. The van der Waals surface area contributed by atoms with Gasteiger partial charge in [0.25, 0.3) is 0 Å². The van der Waals surface area contributed by atoms with Gasteiger partial charge in [-0.1, -0.05) is 24.3 Å².